The van der Waals surface area contributed by atoms with Gasteiger partial charge in [0.15, 0.2) is 6.61 Å². The second kappa shape index (κ2) is 8.97. The Morgan fingerprint density at radius 1 is 1.31 bits per heavy atom. The number of alkyl halides is 3. The Balaban J connectivity index is 1.54. The molecule has 1 unspecified atom stereocenters. The molecule has 1 atom stereocenters. The van der Waals surface area contributed by atoms with E-state index in [0.29, 0.717) is 19.0 Å². The van der Waals surface area contributed by atoms with E-state index >= 15 is 0 Å². The fourth-order valence-corrected chi connectivity index (χ4v) is 2.92. The maximum absolute atomic E-state index is 12.8. The van der Waals surface area contributed by atoms with Crippen molar-refractivity contribution in [1.29, 1.82) is 0 Å². The smallest absolute Gasteiger partial charge is 0.416 e. The van der Waals surface area contributed by atoms with Gasteiger partial charge < -0.3 is 19.1 Å². The van der Waals surface area contributed by atoms with Gasteiger partial charge in [0, 0.05) is 18.8 Å². The van der Waals surface area contributed by atoms with Gasteiger partial charge in [0.1, 0.15) is 11.9 Å². The van der Waals surface area contributed by atoms with Crippen LogP contribution in [0.25, 0.3) is 0 Å². The Kier molecular flexibility index (Phi) is 6.40. The molecule has 2 aromatic rings. The van der Waals surface area contributed by atoms with Gasteiger partial charge in [-0.15, -0.1) is 0 Å². The molecule has 3 rings (SSSR count). The average Bonchev–Trinajstić information content (AvgIpc) is 2.72. The Morgan fingerprint density at radius 2 is 2.14 bits per heavy atom. The normalized spacial score (nSPS) is 17.0. The summed E-state index contributed by atoms with van der Waals surface area (Å²) >= 11 is 0. The number of nitrogens with zero attached hydrogens (tertiary/aromatic N) is 3. The molecule has 1 aromatic heterocycles. The van der Waals surface area contributed by atoms with Gasteiger partial charge in [0.2, 0.25) is 5.88 Å². The summed E-state index contributed by atoms with van der Waals surface area (Å²) in [7, 11) is 1.45. The Morgan fingerprint density at radius 3 is 2.90 bits per heavy atom. The number of methoxy groups -OCH3 is 1. The summed E-state index contributed by atoms with van der Waals surface area (Å²) in [6.07, 6.45) is -1.76. The minimum absolute atomic E-state index is 0.00827. The van der Waals surface area contributed by atoms with Crippen LogP contribution in [-0.4, -0.2) is 53.7 Å². The number of halogens is 3. The van der Waals surface area contributed by atoms with Crippen LogP contribution < -0.4 is 14.2 Å². The highest BCUT2D eigenvalue weighted by atomic mass is 19.4. The van der Waals surface area contributed by atoms with E-state index in [1.807, 2.05) is 0 Å². The van der Waals surface area contributed by atoms with Crippen LogP contribution >= 0.6 is 0 Å². The van der Waals surface area contributed by atoms with Gasteiger partial charge in [-0.05, 0) is 31.0 Å². The number of aromatic nitrogens is 2. The van der Waals surface area contributed by atoms with Crippen molar-refractivity contribution in [2.24, 2.45) is 0 Å². The highest BCUT2D eigenvalue weighted by Gasteiger charge is 2.31. The third-order valence-electron chi connectivity index (χ3n) is 4.33. The van der Waals surface area contributed by atoms with E-state index in [1.54, 1.807) is 11.0 Å². The zero-order chi connectivity index (χ0) is 20.9. The van der Waals surface area contributed by atoms with E-state index < -0.39 is 11.7 Å². The number of carbonyl (C=O) groups excluding carboxylic acids is 1. The van der Waals surface area contributed by atoms with Crippen molar-refractivity contribution in [2.45, 2.75) is 25.1 Å². The molecule has 0 radical (unpaired) electrons. The van der Waals surface area contributed by atoms with Gasteiger partial charge in [-0.2, -0.15) is 18.2 Å². The number of hydrogen-bond donors (Lipinski definition) is 0. The minimum Gasteiger partial charge on any atom is -0.484 e. The van der Waals surface area contributed by atoms with Gasteiger partial charge in [0.05, 0.1) is 19.2 Å². The van der Waals surface area contributed by atoms with Crippen LogP contribution in [0.1, 0.15) is 18.4 Å². The summed E-state index contributed by atoms with van der Waals surface area (Å²) in [4.78, 5) is 22.0. The maximum atomic E-state index is 12.8. The predicted molar refractivity (Wildman–Crippen MR) is 95.8 cm³/mol. The van der Waals surface area contributed by atoms with Crippen molar-refractivity contribution in [1.82, 2.24) is 14.9 Å². The Labute approximate surface area is 165 Å². The molecule has 1 aliphatic rings. The first-order chi connectivity index (χ1) is 13.8. The first-order valence-electron chi connectivity index (χ1n) is 8.96. The lowest BCUT2D eigenvalue weighted by atomic mass is 10.1. The van der Waals surface area contributed by atoms with E-state index in [1.165, 1.54) is 25.4 Å². The largest absolute Gasteiger partial charge is 0.484 e. The standard InChI is InChI=1S/C19H20F3N3O4/c1-27-18-23-8-7-16(24-18)29-15-6-3-9-25(11-15)17(26)12-28-14-5-2-4-13(10-14)19(20,21)22/h2,4-5,7-8,10,15H,3,6,9,11-12H2,1H3. The minimum atomic E-state index is -4.47. The fraction of sp³-hybridized carbons (Fsp3) is 0.421. The lowest BCUT2D eigenvalue weighted by molar-refractivity contribution is -0.137. The summed E-state index contributed by atoms with van der Waals surface area (Å²) in [5.41, 5.74) is -0.825. The van der Waals surface area contributed by atoms with Gasteiger partial charge in [0.25, 0.3) is 5.91 Å². The van der Waals surface area contributed by atoms with Crippen molar-refractivity contribution in [3.8, 4) is 17.6 Å². The molecule has 0 bridgehead atoms. The van der Waals surface area contributed by atoms with E-state index in [-0.39, 0.29) is 30.4 Å². The topological polar surface area (TPSA) is 73.8 Å². The molecule has 1 saturated heterocycles. The van der Waals surface area contributed by atoms with Crippen molar-refractivity contribution in [2.75, 3.05) is 26.8 Å². The van der Waals surface area contributed by atoms with E-state index in [9.17, 15) is 18.0 Å². The first-order valence-corrected chi connectivity index (χ1v) is 8.96. The Hall–Kier alpha value is -3.04. The molecule has 156 valence electrons. The molecule has 1 amide bonds. The van der Waals surface area contributed by atoms with Crippen molar-refractivity contribution in [3.63, 3.8) is 0 Å². The molecule has 0 saturated carbocycles. The molecular formula is C19H20F3N3O4. The zero-order valence-corrected chi connectivity index (χ0v) is 15.7. The van der Waals surface area contributed by atoms with Gasteiger partial charge >= 0.3 is 12.2 Å². The highest BCUT2D eigenvalue weighted by molar-refractivity contribution is 5.78. The molecule has 1 aromatic carbocycles. The summed E-state index contributed by atoms with van der Waals surface area (Å²) < 4.78 is 54.3. The fourth-order valence-electron chi connectivity index (χ4n) is 2.92. The van der Waals surface area contributed by atoms with E-state index in [0.717, 1.165) is 25.0 Å². The third-order valence-corrected chi connectivity index (χ3v) is 4.33. The lowest BCUT2D eigenvalue weighted by Crippen LogP contribution is -2.46. The number of ether oxygens (including phenoxy) is 3. The van der Waals surface area contributed by atoms with Crippen LogP contribution in [0.15, 0.2) is 36.5 Å². The van der Waals surface area contributed by atoms with Crippen molar-refractivity contribution in [3.05, 3.63) is 42.1 Å². The lowest BCUT2D eigenvalue weighted by Gasteiger charge is -2.32. The molecule has 0 N–H and O–H groups in total. The molecular weight excluding hydrogens is 391 g/mol. The van der Waals surface area contributed by atoms with Gasteiger partial charge in [-0.1, -0.05) is 6.07 Å². The first kappa shape index (κ1) is 20.7. The molecule has 0 aliphatic carbocycles. The number of rotatable bonds is 6. The maximum Gasteiger partial charge on any atom is 0.416 e. The third kappa shape index (κ3) is 5.72. The summed E-state index contributed by atoms with van der Waals surface area (Å²) in [5, 5.41) is 0. The number of piperidine rings is 1. The monoisotopic (exact) mass is 411 g/mol. The molecule has 2 heterocycles. The molecule has 0 spiro atoms. The molecule has 7 nitrogen and oxygen atoms in total. The molecule has 1 fully saturated rings. The van der Waals surface area contributed by atoms with Gasteiger partial charge in [-0.25, -0.2) is 4.98 Å². The number of hydrogen-bond acceptors (Lipinski definition) is 6. The summed E-state index contributed by atoms with van der Waals surface area (Å²) in [6, 6.07) is 6.22. The van der Waals surface area contributed by atoms with Crippen molar-refractivity contribution < 1.29 is 32.2 Å². The second-order valence-electron chi connectivity index (χ2n) is 6.42. The highest BCUT2D eigenvalue weighted by Crippen LogP contribution is 2.31. The summed E-state index contributed by atoms with van der Waals surface area (Å²) in [6.45, 7) is 0.504. The SMILES string of the molecule is COc1nccc(OC2CCCN(C(=O)COc3cccc(C(F)(F)F)c3)C2)n1. The second-order valence-corrected chi connectivity index (χ2v) is 6.42. The van der Waals surface area contributed by atoms with Crippen molar-refractivity contribution >= 4 is 5.91 Å². The Bertz CT molecular complexity index is 847. The average molecular weight is 411 g/mol. The van der Waals surface area contributed by atoms with Crippen LogP contribution in [0.3, 0.4) is 0 Å². The number of carbonyl (C=O) groups is 1. The molecule has 10 heteroatoms. The van der Waals surface area contributed by atoms with Crippen LogP contribution in [0.5, 0.6) is 17.6 Å². The quantitative estimate of drug-likeness (QED) is 0.728. The number of likely N-dealkylation sites (tertiary alicyclic amines) is 1. The van der Waals surface area contributed by atoms with Crippen LogP contribution in [0.4, 0.5) is 13.2 Å². The zero-order valence-electron chi connectivity index (χ0n) is 15.7. The predicted octanol–water partition coefficient (Wildman–Crippen LogP) is 2.95. The van der Waals surface area contributed by atoms with Crippen LogP contribution in [0, 0.1) is 0 Å². The van der Waals surface area contributed by atoms with Gasteiger partial charge in [-0.3, -0.25) is 4.79 Å². The summed E-state index contributed by atoms with van der Waals surface area (Å²) in [5.74, 6) is 0.0124. The number of benzene rings is 1. The van der Waals surface area contributed by atoms with E-state index in [4.69, 9.17) is 14.2 Å². The van der Waals surface area contributed by atoms with Crippen LogP contribution in [-0.2, 0) is 11.0 Å². The number of amides is 1. The molecule has 29 heavy (non-hydrogen) atoms. The molecule has 1 aliphatic heterocycles. The van der Waals surface area contributed by atoms with Crippen LogP contribution in [0.2, 0.25) is 0 Å². The van der Waals surface area contributed by atoms with E-state index in [2.05, 4.69) is 9.97 Å².